The molecule has 21 heavy (non-hydrogen) atoms. The van der Waals surface area contributed by atoms with Crippen LogP contribution in [-0.2, 0) is 4.79 Å². The molecule has 116 valence electrons. The van der Waals surface area contributed by atoms with E-state index in [1.807, 2.05) is 0 Å². The molecule has 0 unspecified atom stereocenters. The lowest BCUT2D eigenvalue weighted by molar-refractivity contribution is -0.137. The highest BCUT2D eigenvalue weighted by atomic mass is 19.1. The predicted molar refractivity (Wildman–Crippen MR) is 78.8 cm³/mol. The van der Waals surface area contributed by atoms with Crippen LogP contribution < -0.4 is 5.32 Å². The summed E-state index contributed by atoms with van der Waals surface area (Å²) in [6, 6.07) is 4.12. The van der Waals surface area contributed by atoms with Gasteiger partial charge in [0.05, 0.1) is 0 Å². The molecule has 1 rings (SSSR count). The van der Waals surface area contributed by atoms with Crippen molar-refractivity contribution in [3.05, 3.63) is 35.1 Å². The quantitative estimate of drug-likeness (QED) is 0.687. The number of carboxylic acids is 1. The number of unbranched alkanes of at least 4 members (excludes halogenated alkanes) is 4. The van der Waals surface area contributed by atoms with Crippen LogP contribution >= 0.6 is 0 Å². The lowest BCUT2D eigenvalue weighted by Gasteiger charge is -2.07. The fraction of sp³-hybridized carbons (Fsp3) is 0.500. The van der Waals surface area contributed by atoms with Crippen LogP contribution in [0.25, 0.3) is 0 Å². The summed E-state index contributed by atoms with van der Waals surface area (Å²) in [4.78, 5) is 22.2. The number of carbonyl (C=O) groups excluding carboxylic acids is 1. The van der Waals surface area contributed by atoms with Crippen molar-refractivity contribution in [3.63, 3.8) is 0 Å². The Morgan fingerprint density at radius 2 is 1.81 bits per heavy atom. The van der Waals surface area contributed by atoms with Gasteiger partial charge in [0.25, 0.3) is 5.91 Å². The summed E-state index contributed by atoms with van der Waals surface area (Å²) >= 11 is 0. The lowest BCUT2D eigenvalue weighted by atomic mass is 10.1. The van der Waals surface area contributed by atoms with Crippen molar-refractivity contribution in [3.8, 4) is 0 Å². The van der Waals surface area contributed by atoms with Gasteiger partial charge in [0.15, 0.2) is 0 Å². The highest BCUT2D eigenvalue weighted by Crippen LogP contribution is 2.10. The molecular formula is C16H22FNO3. The molecule has 0 saturated heterocycles. The fourth-order valence-corrected chi connectivity index (χ4v) is 2.11. The number of halogens is 1. The first-order valence-corrected chi connectivity index (χ1v) is 7.27. The van der Waals surface area contributed by atoms with Crippen molar-refractivity contribution in [1.29, 1.82) is 0 Å². The Bertz CT molecular complexity index is 488. The fourth-order valence-electron chi connectivity index (χ4n) is 2.11. The van der Waals surface area contributed by atoms with E-state index in [2.05, 4.69) is 5.32 Å². The van der Waals surface area contributed by atoms with E-state index < -0.39 is 5.97 Å². The van der Waals surface area contributed by atoms with Gasteiger partial charge in [-0.2, -0.15) is 0 Å². The summed E-state index contributed by atoms with van der Waals surface area (Å²) in [5.41, 5.74) is 1.12. The van der Waals surface area contributed by atoms with E-state index in [4.69, 9.17) is 5.11 Å². The minimum absolute atomic E-state index is 0.182. The molecule has 0 aromatic heterocycles. The van der Waals surface area contributed by atoms with Crippen LogP contribution in [0.1, 0.15) is 54.4 Å². The molecule has 1 aromatic rings. The van der Waals surface area contributed by atoms with Crippen LogP contribution in [0.4, 0.5) is 4.39 Å². The molecule has 2 N–H and O–H groups in total. The molecule has 4 nitrogen and oxygen atoms in total. The van der Waals surface area contributed by atoms with E-state index >= 15 is 0 Å². The Hall–Kier alpha value is -1.91. The summed E-state index contributed by atoms with van der Waals surface area (Å²) in [5, 5.41) is 11.3. The van der Waals surface area contributed by atoms with Gasteiger partial charge in [0.1, 0.15) is 5.82 Å². The molecule has 1 amide bonds. The lowest BCUT2D eigenvalue weighted by Crippen LogP contribution is -2.25. The molecule has 0 fully saturated rings. The third-order valence-corrected chi connectivity index (χ3v) is 3.29. The zero-order valence-corrected chi connectivity index (χ0v) is 12.3. The van der Waals surface area contributed by atoms with Crippen molar-refractivity contribution in [2.75, 3.05) is 6.54 Å². The highest BCUT2D eigenvalue weighted by Gasteiger charge is 2.08. The molecule has 0 atom stereocenters. The van der Waals surface area contributed by atoms with Crippen molar-refractivity contribution < 1.29 is 19.1 Å². The van der Waals surface area contributed by atoms with E-state index in [1.165, 1.54) is 18.2 Å². The van der Waals surface area contributed by atoms with Gasteiger partial charge in [-0.1, -0.05) is 19.3 Å². The van der Waals surface area contributed by atoms with Gasteiger partial charge >= 0.3 is 5.97 Å². The molecule has 0 spiro atoms. The van der Waals surface area contributed by atoms with Crippen LogP contribution in [0.15, 0.2) is 18.2 Å². The van der Waals surface area contributed by atoms with Crippen molar-refractivity contribution >= 4 is 11.9 Å². The second-order valence-corrected chi connectivity index (χ2v) is 5.13. The third-order valence-electron chi connectivity index (χ3n) is 3.29. The Morgan fingerprint density at radius 1 is 1.14 bits per heavy atom. The Kier molecular flexibility index (Phi) is 7.43. The number of carbonyl (C=O) groups is 2. The normalized spacial score (nSPS) is 10.4. The average Bonchev–Trinajstić information content (AvgIpc) is 2.41. The Labute approximate surface area is 124 Å². The number of aryl methyl sites for hydroxylation is 1. The molecule has 0 heterocycles. The number of rotatable bonds is 9. The first-order valence-electron chi connectivity index (χ1n) is 7.27. The standard InChI is InChI=1S/C16H22FNO3/c1-12-11-13(17)8-9-14(12)16(21)18-10-6-4-2-3-5-7-15(19)20/h8-9,11H,2-7,10H2,1H3,(H,18,21)(H,19,20). The number of hydrogen-bond donors (Lipinski definition) is 2. The van der Waals surface area contributed by atoms with Crippen molar-refractivity contribution in [2.45, 2.75) is 45.4 Å². The van der Waals surface area contributed by atoms with E-state index in [-0.39, 0.29) is 18.1 Å². The molecular weight excluding hydrogens is 273 g/mol. The third kappa shape index (κ3) is 6.88. The smallest absolute Gasteiger partial charge is 0.303 e. The molecule has 0 saturated carbocycles. The van der Waals surface area contributed by atoms with Gasteiger partial charge in [0, 0.05) is 18.5 Å². The minimum atomic E-state index is -0.753. The maximum absolute atomic E-state index is 12.9. The molecule has 0 bridgehead atoms. The maximum atomic E-state index is 12.9. The van der Waals surface area contributed by atoms with Gasteiger partial charge in [0.2, 0.25) is 0 Å². The second-order valence-electron chi connectivity index (χ2n) is 5.13. The molecule has 5 heteroatoms. The SMILES string of the molecule is Cc1cc(F)ccc1C(=O)NCCCCCCCC(=O)O. The molecule has 0 aliphatic carbocycles. The highest BCUT2D eigenvalue weighted by molar-refractivity contribution is 5.95. The zero-order valence-electron chi connectivity index (χ0n) is 12.3. The Morgan fingerprint density at radius 3 is 2.48 bits per heavy atom. The van der Waals surface area contributed by atoms with Gasteiger partial charge in [-0.25, -0.2) is 4.39 Å². The predicted octanol–water partition coefficient (Wildman–Crippen LogP) is 3.29. The minimum Gasteiger partial charge on any atom is -0.481 e. The van der Waals surface area contributed by atoms with Gasteiger partial charge in [-0.3, -0.25) is 9.59 Å². The Balaban J connectivity index is 2.15. The van der Waals surface area contributed by atoms with E-state index in [9.17, 15) is 14.0 Å². The molecule has 0 aliphatic rings. The number of carboxylic acid groups (broad SMARTS) is 1. The van der Waals surface area contributed by atoms with Crippen LogP contribution in [0.3, 0.4) is 0 Å². The van der Waals surface area contributed by atoms with Crippen molar-refractivity contribution in [1.82, 2.24) is 5.32 Å². The van der Waals surface area contributed by atoms with Crippen molar-refractivity contribution in [2.24, 2.45) is 0 Å². The summed E-state index contributed by atoms with van der Waals surface area (Å²) < 4.78 is 12.9. The van der Waals surface area contributed by atoms with Crippen LogP contribution in [-0.4, -0.2) is 23.5 Å². The van der Waals surface area contributed by atoms with Crippen LogP contribution in [0.2, 0.25) is 0 Å². The second kappa shape index (κ2) is 9.10. The first kappa shape index (κ1) is 17.1. The average molecular weight is 295 g/mol. The summed E-state index contributed by atoms with van der Waals surface area (Å²) in [6.07, 6.45) is 4.62. The van der Waals surface area contributed by atoms with E-state index in [0.717, 1.165) is 25.7 Å². The monoisotopic (exact) mass is 295 g/mol. The summed E-state index contributed by atoms with van der Waals surface area (Å²) in [6.45, 7) is 2.29. The van der Waals surface area contributed by atoms with Gasteiger partial charge < -0.3 is 10.4 Å². The molecule has 0 radical (unpaired) electrons. The topological polar surface area (TPSA) is 66.4 Å². The number of benzene rings is 1. The van der Waals surface area contributed by atoms with Crippen LogP contribution in [0.5, 0.6) is 0 Å². The van der Waals surface area contributed by atoms with E-state index in [1.54, 1.807) is 6.92 Å². The molecule has 0 aliphatic heterocycles. The number of amides is 1. The number of aliphatic carboxylic acids is 1. The summed E-state index contributed by atoms with van der Waals surface area (Å²) in [5.74, 6) is -1.28. The largest absolute Gasteiger partial charge is 0.481 e. The number of hydrogen-bond acceptors (Lipinski definition) is 2. The van der Waals surface area contributed by atoms with Gasteiger partial charge in [-0.15, -0.1) is 0 Å². The number of nitrogens with one attached hydrogen (secondary N) is 1. The summed E-state index contributed by atoms with van der Waals surface area (Å²) in [7, 11) is 0. The zero-order chi connectivity index (χ0) is 15.7. The maximum Gasteiger partial charge on any atom is 0.303 e. The first-order chi connectivity index (χ1) is 10.0. The molecule has 1 aromatic carbocycles. The van der Waals surface area contributed by atoms with Gasteiger partial charge in [-0.05, 0) is 43.5 Å². The van der Waals surface area contributed by atoms with E-state index in [0.29, 0.717) is 24.1 Å². The van der Waals surface area contributed by atoms with Crippen LogP contribution in [0, 0.1) is 12.7 Å².